The topological polar surface area (TPSA) is 336 Å². The number of aliphatic hydroxyl groups is 8. The number of nitrogens with one attached hydrogen (secondary N) is 2. The number of fused-ring (bicyclic) bond motifs is 17. The number of amides is 2. The molecule has 0 aromatic heterocycles. The average Bonchev–Trinajstić information content (AvgIpc) is 0.793. The molecule has 0 saturated carbocycles. The highest BCUT2D eigenvalue weighted by Gasteiger charge is 2.45. The minimum atomic E-state index is -0.403. The number of phenolic OH excluding ortho intramolecular Hbond substituents is 2. The first-order valence-corrected chi connectivity index (χ1v) is 54.0. The van der Waals surface area contributed by atoms with Crippen LogP contribution in [0.15, 0.2) is 260 Å². The van der Waals surface area contributed by atoms with Gasteiger partial charge in [0.15, 0.2) is 11.5 Å². The molecule has 4 heterocycles. The number of carbonyl (C=O) groups excluding carboxylic acids is 4. The Morgan fingerprint density at radius 1 is 0.416 bits per heavy atom. The number of rotatable bonds is 16. The second-order valence-electron chi connectivity index (χ2n) is 39.1. The third kappa shape index (κ3) is 29.8. The van der Waals surface area contributed by atoms with Crippen LogP contribution >= 0.6 is 75.9 Å². The van der Waals surface area contributed by atoms with Crippen LogP contribution in [0.5, 0.6) is 11.5 Å². The molecular formula is C123H135BBr4ClN5O15. The van der Waals surface area contributed by atoms with Crippen molar-refractivity contribution in [2.75, 3.05) is 13.2 Å². The lowest BCUT2D eigenvalue weighted by Crippen LogP contribution is -2.49. The second kappa shape index (κ2) is 56.0. The fourth-order valence-electron chi connectivity index (χ4n) is 21.4. The highest BCUT2D eigenvalue weighted by Crippen LogP contribution is 2.49. The van der Waals surface area contributed by atoms with Gasteiger partial charge in [-0.25, -0.2) is 0 Å². The number of aryl methyl sites for hydroxylation is 10. The van der Waals surface area contributed by atoms with E-state index in [4.69, 9.17) is 32.3 Å². The third-order valence-electron chi connectivity index (χ3n) is 29.2. The number of phenols is 2. The molecule has 1 fully saturated rings. The predicted molar refractivity (Wildman–Crippen MR) is 608 cm³/mol. The van der Waals surface area contributed by atoms with Gasteiger partial charge in [-0.15, -0.1) is 64.3 Å². The summed E-state index contributed by atoms with van der Waals surface area (Å²) in [6, 6.07) is 84.8. The molecule has 0 spiro atoms. The molecule has 20 nitrogen and oxygen atoms in total. The van der Waals surface area contributed by atoms with Crippen molar-refractivity contribution in [1.29, 1.82) is 0 Å². The number of ketones is 1. The Morgan fingerprint density at radius 2 is 0.812 bits per heavy atom. The summed E-state index contributed by atoms with van der Waals surface area (Å²) in [5.41, 5.74) is 42.1. The van der Waals surface area contributed by atoms with Crippen molar-refractivity contribution in [3.63, 3.8) is 0 Å². The van der Waals surface area contributed by atoms with Gasteiger partial charge < -0.3 is 82.0 Å². The molecular weight excluding hydrogens is 2150 g/mol. The van der Waals surface area contributed by atoms with E-state index in [9.17, 15) is 60.0 Å². The van der Waals surface area contributed by atoms with Crippen molar-refractivity contribution < 1.29 is 75.0 Å². The first-order valence-electron chi connectivity index (χ1n) is 50.9. The SMILES string of the molecule is Br.BrB(Br)Br.C1CCOC1.Cc1ccc(C(=O)Cl)cc1.Cc1ccc(C(=O)N(Cc2ccccc2)C2=Cc3cc(CO)c(CO)cc3CC2)cc1.Cc1ccc2c(c1)[C@@H]1c3cc(CO)c(CO)cc3CC[C@H]1N(Cc1ccccc1)C2=O.Cc1ccc2c(c1)[C@@H]1c3cc(CO)c(CO)cc3CC[C@H]1NC2.Cc1ccc2c(c1)[C@@H]1c3cc(O)c(O)cc3CC[C@H]1NC2.NCc1ccccc1.O=C1CCc2cc(CO)c(CO)cc2C1. The van der Waals surface area contributed by atoms with Gasteiger partial charge >= 0.3 is 3.18 Å². The summed E-state index contributed by atoms with van der Waals surface area (Å²) in [5, 5.41) is 103. The highest BCUT2D eigenvalue weighted by atomic mass is 79.9. The van der Waals surface area contributed by atoms with Gasteiger partial charge in [-0.2, -0.15) is 0 Å². The van der Waals surface area contributed by atoms with E-state index in [2.05, 4.69) is 151 Å². The molecule has 14 N–H and O–H groups in total. The molecule has 780 valence electrons. The lowest BCUT2D eigenvalue weighted by molar-refractivity contribution is -0.118. The van der Waals surface area contributed by atoms with E-state index in [1.807, 2.05) is 187 Å². The number of benzene rings is 13. The number of ether oxygens (including phenoxy) is 1. The summed E-state index contributed by atoms with van der Waals surface area (Å²) in [4.78, 5) is 52.8. The lowest BCUT2D eigenvalue weighted by atomic mass is 9.70. The molecule has 0 bridgehead atoms. The standard InChI is InChI=1S/2C27H27NO3.C20H23NO2.C18H19NO2.C12H14O3.C8H7ClO.C7H9N.C4H8O.BBr3.BrH/c1-17-7-9-22-24(11-17)26-23-13-21(16-30)20(15-29)12-19(23)8-10-25(26)28(27(22)31)14-18-5-3-2-4-6-18;1-19-7-9-21(10-8-19)27(31)28(16-20-5-3-2-4-6-20)26-12-11-22-13-24(17-29)25(18-30)14-23(22)15-26;1-12-2-3-14-9-21-19-5-4-13-7-15(10-22)16(11-23)8-18(13)20(19)17(14)6-12;1-10-2-3-12-9-19-15-5-4-11-7-16(20)17(21)8-14(11)18(15)13(12)6-10;13-6-10-3-8-1-2-12(15)5-9(8)4-11(10)7-14;1-6-2-4-7(5-3-6)8(9)10;8-6-7-4-2-1-3-5-7;1-2-4-5-3-1;2-1(3)4;/h2-7,9,11-13,25-26,29-30H,8,10,14-16H2,1H3;2-10,13-15,29-30H,11-12,16-18H2,1H3;2-3,6-8,19-23H,4-5,9-11H2,1H3;2-3,6-8,15,18-21H,4-5,9H2,1H3;3-4,13-14H,1-2,5-7H2;2-5H,1H3;1-5H,6,8H2;1-4H2;;1H/t25-,26+;;19-,20-;15-,18-;;;;;;/m1.11....../s1. The molecule has 13 aromatic rings. The number of allylic oxidation sites excluding steroid dienone is 1. The molecule has 0 radical (unpaired) electrons. The van der Waals surface area contributed by atoms with Gasteiger partial charge in [0.05, 0.1) is 59.4 Å². The summed E-state index contributed by atoms with van der Waals surface area (Å²) >= 11 is 14.5. The normalized spacial score (nSPS) is 17.1. The molecule has 13 aromatic carbocycles. The average molecular weight is 2290 g/mol. The first kappa shape index (κ1) is 115. The Morgan fingerprint density at radius 3 is 1.29 bits per heavy atom. The number of Topliss-reactive ketones (excluding diaryl/α,β-unsaturated/α-hetero) is 1. The molecule has 0 unspecified atom stereocenters. The van der Waals surface area contributed by atoms with Crippen LogP contribution in [0, 0.1) is 34.6 Å². The van der Waals surface area contributed by atoms with E-state index < -0.39 is 5.24 Å². The number of hydrogen-bond donors (Lipinski definition) is 13. The van der Waals surface area contributed by atoms with Gasteiger partial charge in [-0.3, -0.25) is 19.2 Å². The molecule has 4 aliphatic heterocycles. The zero-order valence-corrected chi connectivity index (χ0v) is 92.3. The fourth-order valence-corrected chi connectivity index (χ4v) is 21.5. The highest BCUT2D eigenvalue weighted by molar-refractivity contribution is 9.69. The minimum absolute atomic E-state index is 0. The molecule has 5 aliphatic carbocycles. The third-order valence-corrected chi connectivity index (χ3v) is 29.4. The van der Waals surface area contributed by atoms with Crippen molar-refractivity contribution in [2.45, 2.75) is 240 Å². The number of hydrogen-bond acceptors (Lipinski definition) is 18. The maximum absolute atomic E-state index is 13.6. The number of nitrogens with zero attached hydrogens (tertiary/aromatic N) is 2. The van der Waals surface area contributed by atoms with E-state index in [1.165, 1.54) is 74.0 Å². The van der Waals surface area contributed by atoms with Gasteiger partial charge in [0, 0.05) is 111 Å². The van der Waals surface area contributed by atoms with Crippen LogP contribution in [-0.2, 0) is 134 Å². The maximum Gasteiger partial charge on any atom is 0.369 e. The summed E-state index contributed by atoms with van der Waals surface area (Å²) < 4.78 is 5.22. The quantitative estimate of drug-likeness (QED) is 0.0243. The van der Waals surface area contributed by atoms with Crippen LogP contribution in [-0.4, -0.2) is 118 Å². The van der Waals surface area contributed by atoms with Crippen molar-refractivity contribution in [3.8, 4) is 11.5 Å². The Kier molecular flexibility index (Phi) is 43.4. The smallest absolute Gasteiger partial charge is 0.369 e. The summed E-state index contributed by atoms with van der Waals surface area (Å²) in [6.45, 7) is 15.3. The fraction of sp³-hybridized carbons (Fsp3) is 0.317. The molecule has 149 heavy (non-hydrogen) atoms. The van der Waals surface area contributed by atoms with E-state index >= 15 is 0 Å². The number of nitrogens with two attached hydrogens (primary N) is 1. The van der Waals surface area contributed by atoms with E-state index in [0.717, 1.165) is 207 Å². The number of halogens is 5. The van der Waals surface area contributed by atoms with Gasteiger partial charge in [-0.05, 0) is 316 Å². The second-order valence-corrected chi connectivity index (χ2v) is 45.9. The summed E-state index contributed by atoms with van der Waals surface area (Å²) in [6.07, 6.45) is 13.8. The van der Waals surface area contributed by atoms with Gasteiger partial charge in [0.25, 0.3) is 17.1 Å². The van der Waals surface area contributed by atoms with E-state index in [-0.39, 0.29) is 120 Å². The van der Waals surface area contributed by atoms with Crippen molar-refractivity contribution in [2.24, 2.45) is 5.73 Å². The van der Waals surface area contributed by atoms with Crippen molar-refractivity contribution >= 4 is 108 Å². The van der Waals surface area contributed by atoms with Crippen LogP contribution in [0.3, 0.4) is 0 Å². The Bertz CT molecular complexity index is 6770. The predicted octanol–water partition coefficient (Wildman–Crippen LogP) is 22.0. The Labute approximate surface area is 915 Å². The number of carbonyl (C=O) groups is 4. The molecule has 1 saturated heterocycles. The van der Waals surface area contributed by atoms with Gasteiger partial charge in [0.1, 0.15) is 5.78 Å². The summed E-state index contributed by atoms with van der Waals surface area (Å²) in [5.74, 6) is 0.978. The first-order chi connectivity index (χ1) is 71.6. The molecule has 22 rings (SSSR count). The molecule has 26 heteroatoms. The number of aromatic hydroxyl groups is 2. The van der Waals surface area contributed by atoms with Crippen LogP contribution < -0.4 is 16.4 Å². The van der Waals surface area contributed by atoms with Gasteiger partial charge in [-0.1, -0.05) is 234 Å². The largest absolute Gasteiger partial charge is 0.504 e. The van der Waals surface area contributed by atoms with Crippen molar-refractivity contribution in [1.82, 2.24) is 20.4 Å². The van der Waals surface area contributed by atoms with Crippen LogP contribution in [0.1, 0.15) is 266 Å². The zero-order chi connectivity index (χ0) is 105. The summed E-state index contributed by atoms with van der Waals surface area (Å²) in [7, 11) is 0. The zero-order valence-electron chi connectivity index (χ0n) is 85.1. The maximum atomic E-state index is 13.6. The molecule has 9 aliphatic rings. The molecule has 2 amide bonds. The van der Waals surface area contributed by atoms with Crippen molar-refractivity contribution in [3.05, 3.63) is 450 Å². The van der Waals surface area contributed by atoms with E-state index in [1.54, 1.807) is 24.3 Å². The Hall–Kier alpha value is -10.7. The van der Waals surface area contributed by atoms with E-state index in [0.29, 0.717) is 61.6 Å². The monoisotopic (exact) mass is 2280 g/mol. The van der Waals surface area contributed by atoms with Crippen LogP contribution in [0.4, 0.5) is 0 Å². The van der Waals surface area contributed by atoms with Crippen LogP contribution in [0.2, 0.25) is 0 Å². The Balaban J connectivity index is 0.000000147. The number of aliphatic hydroxyl groups excluding tert-OH is 8. The molecule has 6 atom stereocenters. The lowest BCUT2D eigenvalue weighted by Gasteiger charge is -2.46. The van der Waals surface area contributed by atoms with Crippen LogP contribution in [0.25, 0.3) is 6.08 Å². The minimum Gasteiger partial charge on any atom is -0.504 e. The van der Waals surface area contributed by atoms with Gasteiger partial charge in [0.2, 0.25) is 0 Å².